The molecule has 0 N–H and O–H groups in total. The van der Waals surface area contributed by atoms with Gasteiger partial charge in [-0.05, 0) is 12.2 Å². The van der Waals surface area contributed by atoms with Gasteiger partial charge in [0.2, 0.25) is 0 Å². The van der Waals surface area contributed by atoms with E-state index in [2.05, 4.69) is 0 Å². The monoisotopic (exact) mass is 331 g/mol. The zero-order valence-electron chi connectivity index (χ0n) is 12.5. The SMILES string of the molecule is CO[Si](CCCSCc1ccccc1[N+](=O)[O-])(OC)OC. The predicted octanol–water partition coefficient (Wildman–Crippen LogP) is 3.10. The molecule has 0 heterocycles. The molecule has 0 fully saturated rings. The van der Waals surface area contributed by atoms with E-state index in [1.54, 1.807) is 45.2 Å². The van der Waals surface area contributed by atoms with Gasteiger partial charge in [0.05, 0.1) is 4.92 Å². The lowest BCUT2D eigenvalue weighted by Gasteiger charge is -2.24. The van der Waals surface area contributed by atoms with E-state index in [1.165, 1.54) is 6.07 Å². The van der Waals surface area contributed by atoms with Crippen molar-refractivity contribution in [1.29, 1.82) is 0 Å². The maximum atomic E-state index is 10.9. The topological polar surface area (TPSA) is 70.8 Å². The molecular weight excluding hydrogens is 310 g/mol. The van der Waals surface area contributed by atoms with Gasteiger partial charge in [-0.25, -0.2) is 0 Å². The summed E-state index contributed by atoms with van der Waals surface area (Å²) < 4.78 is 16.0. The Morgan fingerprint density at radius 3 is 2.38 bits per heavy atom. The number of thioether (sulfide) groups is 1. The molecule has 0 saturated heterocycles. The number of hydrogen-bond acceptors (Lipinski definition) is 6. The molecule has 0 saturated carbocycles. The quantitative estimate of drug-likeness (QED) is 0.284. The Balaban J connectivity index is 2.40. The van der Waals surface area contributed by atoms with Crippen LogP contribution in [0.2, 0.25) is 6.04 Å². The fraction of sp³-hybridized carbons (Fsp3) is 0.538. The van der Waals surface area contributed by atoms with Crippen LogP contribution in [0.15, 0.2) is 24.3 Å². The maximum Gasteiger partial charge on any atom is 0.500 e. The highest BCUT2D eigenvalue weighted by Crippen LogP contribution is 2.24. The van der Waals surface area contributed by atoms with Gasteiger partial charge in [-0.2, -0.15) is 11.8 Å². The first kappa shape index (κ1) is 18.1. The average Bonchev–Trinajstić information content (AvgIpc) is 2.52. The molecule has 0 aliphatic carbocycles. The van der Waals surface area contributed by atoms with Gasteiger partial charge < -0.3 is 13.3 Å². The molecule has 8 heteroatoms. The average molecular weight is 331 g/mol. The smallest absolute Gasteiger partial charge is 0.377 e. The van der Waals surface area contributed by atoms with Gasteiger partial charge in [-0.1, -0.05) is 18.2 Å². The molecule has 0 aliphatic heterocycles. The van der Waals surface area contributed by atoms with Crippen LogP contribution in [0, 0.1) is 10.1 Å². The normalized spacial score (nSPS) is 11.6. The van der Waals surface area contributed by atoms with E-state index in [0.29, 0.717) is 5.75 Å². The van der Waals surface area contributed by atoms with Crippen LogP contribution in [-0.2, 0) is 19.0 Å². The van der Waals surface area contributed by atoms with Crippen molar-refractivity contribution in [2.45, 2.75) is 18.2 Å². The lowest BCUT2D eigenvalue weighted by atomic mass is 10.2. The molecular formula is C13H21NO5SSi. The van der Waals surface area contributed by atoms with E-state index in [4.69, 9.17) is 13.3 Å². The number of hydrogen-bond donors (Lipinski definition) is 0. The van der Waals surface area contributed by atoms with Gasteiger partial charge in [-0.3, -0.25) is 10.1 Å². The molecule has 0 aliphatic rings. The molecule has 0 unspecified atom stereocenters. The highest BCUT2D eigenvalue weighted by atomic mass is 32.2. The Morgan fingerprint density at radius 1 is 1.19 bits per heavy atom. The zero-order valence-corrected chi connectivity index (χ0v) is 14.4. The van der Waals surface area contributed by atoms with Gasteiger partial charge in [-0.15, -0.1) is 0 Å². The third kappa shape index (κ3) is 5.40. The Morgan fingerprint density at radius 2 is 1.81 bits per heavy atom. The summed E-state index contributed by atoms with van der Waals surface area (Å²) in [7, 11) is 2.29. The number of nitro benzene ring substituents is 1. The number of nitro groups is 1. The first-order valence-corrected chi connectivity index (χ1v) is 9.62. The molecule has 0 spiro atoms. The van der Waals surface area contributed by atoms with Crippen molar-refractivity contribution in [2.24, 2.45) is 0 Å². The molecule has 1 aromatic carbocycles. The molecule has 6 nitrogen and oxygen atoms in total. The van der Waals surface area contributed by atoms with Crippen LogP contribution < -0.4 is 0 Å². The second-order valence-corrected chi connectivity index (χ2v) is 8.53. The van der Waals surface area contributed by atoms with E-state index in [9.17, 15) is 10.1 Å². The van der Waals surface area contributed by atoms with Gasteiger partial charge in [0, 0.05) is 44.8 Å². The van der Waals surface area contributed by atoms with Gasteiger partial charge in [0.1, 0.15) is 0 Å². The first-order valence-electron chi connectivity index (χ1n) is 6.54. The van der Waals surface area contributed by atoms with Crippen LogP contribution in [0.4, 0.5) is 5.69 Å². The lowest BCUT2D eigenvalue weighted by molar-refractivity contribution is -0.385. The van der Waals surface area contributed by atoms with E-state index in [0.717, 1.165) is 23.8 Å². The van der Waals surface area contributed by atoms with Crippen molar-refractivity contribution in [2.75, 3.05) is 27.1 Å². The molecule has 0 aromatic heterocycles. The van der Waals surface area contributed by atoms with Gasteiger partial charge >= 0.3 is 8.80 Å². The summed E-state index contributed by atoms with van der Waals surface area (Å²) in [6, 6.07) is 7.57. The number of rotatable bonds is 10. The van der Waals surface area contributed by atoms with Crippen molar-refractivity contribution >= 4 is 26.3 Å². The molecule has 0 radical (unpaired) electrons. The van der Waals surface area contributed by atoms with Crippen LogP contribution in [0.1, 0.15) is 12.0 Å². The van der Waals surface area contributed by atoms with Gasteiger partial charge in [0.25, 0.3) is 5.69 Å². The van der Waals surface area contributed by atoms with Crippen LogP contribution >= 0.6 is 11.8 Å². The van der Waals surface area contributed by atoms with Crippen LogP contribution in [0.3, 0.4) is 0 Å². The minimum absolute atomic E-state index is 0.180. The van der Waals surface area contributed by atoms with Crippen molar-refractivity contribution in [3.8, 4) is 0 Å². The molecule has 1 rings (SSSR count). The fourth-order valence-corrected chi connectivity index (χ4v) is 4.88. The Bertz CT molecular complexity index is 448. The van der Waals surface area contributed by atoms with Crippen molar-refractivity contribution in [3.63, 3.8) is 0 Å². The zero-order chi connectivity index (χ0) is 15.7. The lowest BCUT2D eigenvalue weighted by Crippen LogP contribution is -2.42. The molecule has 118 valence electrons. The number of benzene rings is 1. The van der Waals surface area contributed by atoms with E-state index in [1.807, 2.05) is 6.07 Å². The van der Waals surface area contributed by atoms with E-state index < -0.39 is 8.80 Å². The second-order valence-electron chi connectivity index (χ2n) is 4.34. The van der Waals surface area contributed by atoms with Crippen molar-refractivity contribution in [3.05, 3.63) is 39.9 Å². The molecule has 21 heavy (non-hydrogen) atoms. The van der Waals surface area contributed by atoms with Crippen molar-refractivity contribution in [1.82, 2.24) is 0 Å². The third-order valence-electron chi connectivity index (χ3n) is 3.15. The number of para-hydroxylation sites is 1. The Labute approximate surface area is 130 Å². The van der Waals surface area contributed by atoms with E-state index in [-0.39, 0.29) is 10.6 Å². The molecule has 0 bridgehead atoms. The summed E-state index contributed by atoms with van der Waals surface area (Å²) in [6.45, 7) is 0. The summed E-state index contributed by atoms with van der Waals surface area (Å²) in [5.41, 5.74) is 0.931. The summed E-state index contributed by atoms with van der Waals surface area (Å²) >= 11 is 1.66. The summed E-state index contributed by atoms with van der Waals surface area (Å²) in [5, 5.41) is 10.9. The van der Waals surface area contributed by atoms with Gasteiger partial charge in [0.15, 0.2) is 0 Å². The van der Waals surface area contributed by atoms with E-state index >= 15 is 0 Å². The van der Waals surface area contributed by atoms with Crippen LogP contribution in [-0.4, -0.2) is 40.8 Å². The third-order valence-corrected chi connectivity index (χ3v) is 7.07. The number of nitrogens with zero attached hydrogens (tertiary/aromatic N) is 1. The summed E-state index contributed by atoms with van der Waals surface area (Å²) in [6.07, 6.45) is 0.882. The summed E-state index contributed by atoms with van der Waals surface area (Å²) in [4.78, 5) is 10.6. The second kappa shape index (κ2) is 9.16. The van der Waals surface area contributed by atoms with Crippen LogP contribution in [0.25, 0.3) is 0 Å². The fourth-order valence-electron chi connectivity index (χ4n) is 1.94. The molecule has 0 amide bonds. The largest absolute Gasteiger partial charge is 0.500 e. The minimum Gasteiger partial charge on any atom is -0.377 e. The molecule has 0 atom stereocenters. The first-order chi connectivity index (χ1) is 10.1. The van der Waals surface area contributed by atoms with Crippen molar-refractivity contribution < 1.29 is 18.2 Å². The maximum absolute atomic E-state index is 10.9. The Kier molecular flexibility index (Phi) is 7.90. The molecule has 1 aromatic rings. The summed E-state index contributed by atoms with van der Waals surface area (Å²) in [5.74, 6) is 1.50. The Hall–Kier alpha value is -0.933. The minimum atomic E-state index is -2.50. The predicted molar refractivity (Wildman–Crippen MR) is 85.5 cm³/mol. The van der Waals surface area contributed by atoms with Crippen LogP contribution in [0.5, 0.6) is 0 Å². The highest BCUT2D eigenvalue weighted by Gasteiger charge is 2.36. The highest BCUT2D eigenvalue weighted by molar-refractivity contribution is 7.98. The standard InChI is InChI=1S/C13H21NO5SSi/c1-17-21(18-2,19-3)10-6-9-20-11-12-7-4-5-8-13(12)14(15)16/h4-5,7-8H,6,9-11H2,1-3H3.